The van der Waals surface area contributed by atoms with Crippen LogP contribution in [0, 0.1) is 6.92 Å². The number of hydrogen-bond acceptors (Lipinski definition) is 17. The van der Waals surface area contributed by atoms with Crippen molar-refractivity contribution in [3.63, 3.8) is 0 Å². The van der Waals surface area contributed by atoms with Gasteiger partial charge in [-0.15, -0.1) is 11.3 Å². The summed E-state index contributed by atoms with van der Waals surface area (Å²) in [4.78, 5) is 43.1. The fourth-order valence-electron chi connectivity index (χ4n) is 5.57. The summed E-state index contributed by atoms with van der Waals surface area (Å²) in [5.41, 5.74) is 1.50. The number of aryl methyl sites for hydroxylation is 1. The average Bonchev–Trinajstić information content (AvgIpc) is 3.96. The lowest BCUT2D eigenvalue weighted by Gasteiger charge is -2.34. The van der Waals surface area contributed by atoms with Crippen LogP contribution in [0.3, 0.4) is 0 Å². The number of rotatable bonds is 11. The van der Waals surface area contributed by atoms with Crippen molar-refractivity contribution in [2.75, 3.05) is 72.6 Å². The highest BCUT2D eigenvalue weighted by Crippen LogP contribution is 2.44. The van der Waals surface area contributed by atoms with Crippen LogP contribution in [0.1, 0.15) is 16.2 Å². The molecule has 0 saturated carbocycles. The minimum atomic E-state index is -3.98. The maximum absolute atomic E-state index is 13.4. The van der Waals surface area contributed by atoms with Crippen LogP contribution in [0.2, 0.25) is 0 Å². The molecular weight excluding hydrogens is 814 g/mol. The number of thiophene rings is 1. The molecular formula is C31H34ClN5O13S4. The Balaban J connectivity index is 0.000000314. The Morgan fingerprint density at radius 2 is 1.74 bits per heavy atom. The van der Waals surface area contributed by atoms with Crippen LogP contribution in [-0.4, -0.2) is 127 Å². The van der Waals surface area contributed by atoms with Gasteiger partial charge in [0.1, 0.15) is 11.7 Å². The molecule has 0 bridgehead atoms. The number of esters is 1. The van der Waals surface area contributed by atoms with E-state index in [0.29, 0.717) is 43.6 Å². The van der Waals surface area contributed by atoms with E-state index in [1.807, 2.05) is 12.1 Å². The Bertz CT molecular complexity index is 2240. The van der Waals surface area contributed by atoms with Crippen molar-refractivity contribution >= 4 is 74.6 Å². The largest absolute Gasteiger partial charge is 0.494 e. The van der Waals surface area contributed by atoms with E-state index >= 15 is 0 Å². The number of nitrogens with zero attached hydrogens (tertiary/aromatic N) is 5. The van der Waals surface area contributed by atoms with Crippen molar-refractivity contribution in [3.8, 4) is 17.1 Å². The molecule has 2 saturated heterocycles. The zero-order chi connectivity index (χ0) is 39.4. The Kier molecular flexibility index (Phi) is 12.9. The molecule has 0 N–H and O–H groups in total. The summed E-state index contributed by atoms with van der Waals surface area (Å²) in [5.74, 6) is 0.422. The highest BCUT2D eigenvalue weighted by Gasteiger charge is 2.40. The third-order valence-corrected chi connectivity index (χ3v) is 15.2. The lowest BCUT2D eigenvalue weighted by molar-refractivity contribution is 0.0597. The first-order valence-electron chi connectivity index (χ1n) is 15.6. The molecule has 2 atom stereocenters. The summed E-state index contributed by atoms with van der Waals surface area (Å²) in [6, 6.07) is 7.23. The Morgan fingerprint density at radius 1 is 1.06 bits per heavy atom. The minimum absolute atomic E-state index is 0.0324. The number of amides is 1. The highest BCUT2D eigenvalue weighted by molar-refractivity contribution is 8.29. The first-order valence-corrected chi connectivity index (χ1v) is 21.5. The predicted molar refractivity (Wildman–Crippen MR) is 197 cm³/mol. The van der Waals surface area contributed by atoms with E-state index in [1.165, 1.54) is 43.5 Å². The van der Waals surface area contributed by atoms with E-state index < -0.39 is 41.6 Å². The number of benzene rings is 1. The van der Waals surface area contributed by atoms with Gasteiger partial charge in [-0.25, -0.2) is 31.2 Å². The van der Waals surface area contributed by atoms with Crippen LogP contribution in [-0.2, 0) is 42.8 Å². The van der Waals surface area contributed by atoms with Crippen molar-refractivity contribution in [2.45, 2.75) is 17.2 Å². The molecule has 2 unspecified atom stereocenters. The normalized spacial score (nSPS) is 19.4. The monoisotopic (exact) mass is 847 g/mol. The van der Waals surface area contributed by atoms with Crippen LogP contribution in [0.4, 0.5) is 10.5 Å². The van der Waals surface area contributed by atoms with Gasteiger partial charge in [-0.3, -0.25) is 9.80 Å². The maximum Gasteiger partial charge on any atom is 0.414 e. The first-order chi connectivity index (χ1) is 25.7. The zero-order valence-electron chi connectivity index (χ0n) is 29.3. The lowest BCUT2D eigenvalue weighted by atomic mass is 10.2. The molecule has 3 aromatic rings. The molecule has 2 aromatic heterocycles. The van der Waals surface area contributed by atoms with Crippen LogP contribution in [0.25, 0.3) is 11.4 Å². The van der Waals surface area contributed by atoms with Gasteiger partial charge in [0.05, 0.1) is 35.0 Å². The second-order valence-electron chi connectivity index (χ2n) is 11.3. The molecule has 3 aliphatic rings. The topological polar surface area (TPSA) is 214 Å². The number of ether oxygens (including phenoxy) is 5. The SMILES string of the molecule is COC(=O)c1csc(S(=O)(=O)Cl)c1OC.COC1=CS(=C=O)C(S(=O)(=O)N2CCN(CC3CN(c4ccc(-c5noc(C)n5)cc4)C(=O)O3)CC2)=C1OC. The smallest absolute Gasteiger partial charge is 0.414 e. The third kappa shape index (κ3) is 8.65. The van der Waals surface area contributed by atoms with Gasteiger partial charge < -0.3 is 28.2 Å². The molecule has 1 amide bonds. The number of sulfonamides is 1. The van der Waals surface area contributed by atoms with Crippen molar-refractivity contribution < 1.29 is 59.4 Å². The molecule has 1 aromatic carbocycles. The number of halogens is 1. The molecule has 2 fully saturated rings. The number of cyclic esters (lactones) is 1. The fraction of sp³-hybridized carbons (Fsp3) is 0.387. The second-order valence-corrected chi connectivity index (χ2v) is 18.6. The Morgan fingerprint density at radius 3 is 2.28 bits per heavy atom. The summed E-state index contributed by atoms with van der Waals surface area (Å²) >= 11 is 0.806. The molecule has 23 heteroatoms. The van der Waals surface area contributed by atoms with Crippen molar-refractivity contribution in [2.24, 2.45) is 0 Å². The number of aromatic nitrogens is 2. The molecule has 5 heterocycles. The van der Waals surface area contributed by atoms with Gasteiger partial charge in [-0.05, 0) is 34.7 Å². The Hall–Kier alpha value is -4.28. The molecule has 54 heavy (non-hydrogen) atoms. The molecule has 292 valence electrons. The summed E-state index contributed by atoms with van der Waals surface area (Å²) in [5, 5.41) is 8.41. The quantitative estimate of drug-likeness (QED) is 0.154. The third-order valence-electron chi connectivity index (χ3n) is 8.10. The van der Waals surface area contributed by atoms with Gasteiger partial charge in [0, 0.05) is 72.4 Å². The fourth-order valence-corrected chi connectivity index (χ4v) is 11.6. The van der Waals surface area contributed by atoms with Crippen LogP contribution in [0.15, 0.2) is 59.5 Å². The van der Waals surface area contributed by atoms with Crippen molar-refractivity contribution in [3.05, 3.63) is 62.3 Å². The number of carbonyl (C=O) groups excluding carboxylic acids is 3. The minimum Gasteiger partial charge on any atom is -0.494 e. The molecule has 0 radical (unpaired) electrons. The van der Waals surface area contributed by atoms with Gasteiger partial charge in [-0.1, -0.05) is 5.16 Å². The summed E-state index contributed by atoms with van der Waals surface area (Å²) in [6.07, 6.45) is -0.815. The van der Waals surface area contributed by atoms with E-state index in [1.54, 1.807) is 29.2 Å². The summed E-state index contributed by atoms with van der Waals surface area (Å²) in [7, 11) is 1.01. The average molecular weight is 848 g/mol. The van der Waals surface area contributed by atoms with E-state index in [9.17, 15) is 31.2 Å². The van der Waals surface area contributed by atoms with Gasteiger partial charge in [0.25, 0.3) is 19.1 Å². The standard InChI is InChI=1S/C24H27N5O8S2.C7H7ClO5S2/c1-16-25-22(26-37-16)17-4-6-18(7-5-17)29-13-19(36-24(29)31)12-27-8-10-28(11-9-27)39(32,33)23-21(35-3)20(34-2)14-38(23)15-30;1-12-5-4(6(9)13-2)3-14-7(5)15(8,10)11/h4-7,14,19H,8-13H2,1-3H3;3H,1-2H3. The van der Waals surface area contributed by atoms with Crippen LogP contribution >= 0.6 is 32.5 Å². The molecule has 18 nitrogen and oxygen atoms in total. The zero-order valence-corrected chi connectivity index (χ0v) is 33.4. The number of methoxy groups -OCH3 is 4. The summed E-state index contributed by atoms with van der Waals surface area (Å²) < 4.78 is 80.3. The molecule has 0 spiro atoms. The molecule has 6 rings (SSSR count). The molecule has 0 aliphatic carbocycles. The van der Waals surface area contributed by atoms with E-state index in [-0.39, 0.29) is 50.5 Å². The summed E-state index contributed by atoms with van der Waals surface area (Å²) in [6.45, 7) is 3.84. The van der Waals surface area contributed by atoms with Gasteiger partial charge in [0.15, 0.2) is 30.9 Å². The van der Waals surface area contributed by atoms with Crippen LogP contribution in [0.5, 0.6) is 5.75 Å². The van der Waals surface area contributed by atoms with E-state index in [4.69, 9.17) is 34.2 Å². The van der Waals surface area contributed by atoms with E-state index in [2.05, 4.69) is 19.8 Å². The maximum atomic E-state index is 13.4. The van der Waals surface area contributed by atoms with E-state index in [0.717, 1.165) is 16.9 Å². The molecule has 3 aliphatic heterocycles. The van der Waals surface area contributed by atoms with Gasteiger partial charge >= 0.3 is 12.1 Å². The predicted octanol–water partition coefficient (Wildman–Crippen LogP) is 3.44. The second kappa shape index (κ2) is 17.0. The van der Waals surface area contributed by atoms with Crippen molar-refractivity contribution in [1.29, 1.82) is 0 Å². The van der Waals surface area contributed by atoms with Gasteiger partial charge in [0.2, 0.25) is 11.7 Å². The number of piperazine rings is 1. The Labute approximate surface area is 321 Å². The number of carbonyl (C=O) groups is 2. The lowest BCUT2D eigenvalue weighted by Crippen LogP contribution is -2.50. The highest BCUT2D eigenvalue weighted by atomic mass is 35.7. The van der Waals surface area contributed by atoms with Gasteiger partial charge in [-0.2, -0.15) is 9.29 Å². The number of hydrogen-bond donors (Lipinski definition) is 0. The van der Waals surface area contributed by atoms with Crippen molar-refractivity contribution in [1.82, 2.24) is 19.3 Å². The van der Waals surface area contributed by atoms with Crippen LogP contribution < -0.4 is 9.64 Å². The number of anilines is 1. The first kappa shape index (κ1) is 40.9.